The van der Waals surface area contributed by atoms with Crippen LogP contribution in [0.3, 0.4) is 0 Å². The molecule has 2 N–H and O–H groups in total. The summed E-state index contributed by atoms with van der Waals surface area (Å²) < 4.78 is 0. The highest BCUT2D eigenvalue weighted by Gasteiger charge is 2.03. The number of nitrogens with one attached hydrogen (secondary N) is 2. The Morgan fingerprint density at radius 3 is 1.75 bits per heavy atom. The molecule has 0 saturated carbocycles. The lowest BCUT2D eigenvalue weighted by Gasteiger charge is -2.03. The zero-order valence-electron chi connectivity index (χ0n) is 14.6. The van der Waals surface area contributed by atoms with Crippen molar-refractivity contribution in [3.05, 3.63) is 99.5 Å². The van der Waals surface area contributed by atoms with E-state index < -0.39 is 0 Å². The van der Waals surface area contributed by atoms with E-state index in [0.717, 1.165) is 16.8 Å². The van der Waals surface area contributed by atoms with Crippen molar-refractivity contribution in [3.63, 3.8) is 0 Å². The Bertz CT molecular complexity index is 982. The lowest BCUT2D eigenvalue weighted by molar-refractivity contribution is 0.0955. The molecule has 0 radical (unpaired) electrons. The van der Waals surface area contributed by atoms with E-state index in [1.54, 1.807) is 61.0 Å². The highest BCUT2D eigenvalue weighted by molar-refractivity contribution is 6.30. The predicted molar refractivity (Wildman–Crippen MR) is 116 cm³/mol. The molecule has 7 heteroatoms. The molecule has 0 unspecified atom stereocenters. The van der Waals surface area contributed by atoms with Crippen LogP contribution in [0.15, 0.2) is 83.0 Å². The van der Waals surface area contributed by atoms with Crippen LogP contribution in [0.2, 0.25) is 10.0 Å². The van der Waals surface area contributed by atoms with Gasteiger partial charge in [-0.25, -0.2) is 5.43 Å². The Labute approximate surface area is 172 Å². The third-order valence-electron chi connectivity index (χ3n) is 3.67. The first-order valence-corrected chi connectivity index (χ1v) is 9.09. The van der Waals surface area contributed by atoms with E-state index in [0.29, 0.717) is 15.6 Å². The van der Waals surface area contributed by atoms with Crippen LogP contribution < -0.4 is 10.9 Å². The Morgan fingerprint density at radius 2 is 1.21 bits per heavy atom. The molecule has 0 heterocycles. The summed E-state index contributed by atoms with van der Waals surface area (Å²) in [7, 11) is 0. The molecule has 3 aromatic carbocycles. The molecule has 0 aromatic heterocycles. The summed E-state index contributed by atoms with van der Waals surface area (Å²) in [5.41, 5.74) is 8.40. The maximum atomic E-state index is 12.1. The standard InChI is InChI=1S/C21H16Cl2N4O/c22-18-7-1-15(2-8-18)13-24-26-20-11-5-17(6-12-20)21(28)27-25-14-16-3-9-19(23)10-4-16/h1-14,26H,(H,27,28)/b24-13+,25-14+. The topological polar surface area (TPSA) is 65.8 Å². The van der Waals surface area contributed by atoms with Gasteiger partial charge in [-0.05, 0) is 59.7 Å². The summed E-state index contributed by atoms with van der Waals surface area (Å²) in [4.78, 5) is 12.1. The molecule has 1 amide bonds. The van der Waals surface area contributed by atoms with Crippen molar-refractivity contribution >= 4 is 47.2 Å². The number of nitrogens with zero attached hydrogens (tertiary/aromatic N) is 2. The Hall–Kier alpha value is -3.15. The molecule has 0 aliphatic heterocycles. The minimum atomic E-state index is -0.304. The van der Waals surface area contributed by atoms with Crippen molar-refractivity contribution in [2.75, 3.05) is 5.43 Å². The van der Waals surface area contributed by atoms with Crippen LogP contribution >= 0.6 is 23.2 Å². The molecule has 0 atom stereocenters. The fourth-order valence-corrected chi connectivity index (χ4v) is 2.46. The molecule has 140 valence electrons. The van der Waals surface area contributed by atoms with Crippen molar-refractivity contribution in [2.24, 2.45) is 10.2 Å². The molecule has 3 rings (SSSR count). The number of halogens is 2. The highest BCUT2D eigenvalue weighted by atomic mass is 35.5. The van der Waals surface area contributed by atoms with E-state index in [2.05, 4.69) is 21.1 Å². The molecular weight excluding hydrogens is 395 g/mol. The first kappa shape index (κ1) is 19.6. The Balaban J connectivity index is 1.52. The van der Waals surface area contributed by atoms with Crippen LogP contribution in [0, 0.1) is 0 Å². The van der Waals surface area contributed by atoms with Gasteiger partial charge >= 0.3 is 0 Å². The summed E-state index contributed by atoms with van der Waals surface area (Å²) in [5.74, 6) is -0.304. The summed E-state index contributed by atoms with van der Waals surface area (Å²) in [5, 5.41) is 9.42. The second-order valence-electron chi connectivity index (χ2n) is 5.75. The Kier molecular flexibility index (Phi) is 6.78. The van der Waals surface area contributed by atoms with E-state index in [4.69, 9.17) is 23.2 Å². The number of benzene rings is 3. The SMILES string of the molecule is O=C(N/N=C/c1ccc(Cl)cc1)c1ccc(N/N=C/c2ccc(Cl)cc2)cc1. The molecule has 3 aromatic rings. The normalized spacial score (nSPS) is 11.1. The molecule has 0 bridgehead atoms. The fraction of sp³-hybridized carbons (Fsp3) is 0. The van der Waals surface area contributed by atoms with Gasteiger partial charge in [-0.3, -0.25) is 10.2 Å². The third-order valence-corrected chi connectivity index (χ3v) is 4.18. The number of carbonyl (C=O) groups excluding carboxylic acids is 1. The van der Waals surface area contributed by atoms with E-state index >= 15 is 0 Å². The van der Waals surface area contributed by atoms with Crippen LogP contribution in [0.25, 0.3) is 0 Å². The van der Waals surface area contributed by atoms with Crippen LogP contribution in [0.4, 0.5) is 5.69 Å². The third kappa shape index (κ3) is 5.94. The zero-order chi connectivity index (χ0) is 19.8. The molecular formula is C21H16Cl2N4O. The van der Waals surface area contributed by atoms with Gasteiger partial charge in [0.05, 0.1) is 18.1 Å². The van der Waals surface area contributed by atoms with E-state index in [-0.39, 0.29) is 5.91 Å². The second kappa shape index (κ2) is 9.69. The number of hydrogen-bond donors (Lipinski definition) is 2. The molecule has 0 fully saturated rings. The lowest BCUT2D eigenvalue weighted by Crippen LogP contribution is -2.17. The monoisotopic (exact) mass is 410 g/mol. The van der Waals surface area contributed by atoms with E-state index in [9.17, 15) is 4.79 Å². The van der Waals surface area contributed by atoms with Crippen molar-refractivity contribution in [2.45, 2.75) is 0 Å². The Morgan fingerprint density at radius 1 is 0.714 bits per heavy atom. The summed E-state index contributed by atoms with van der Waals surface area (Å²) in [6.07, 6.45) is 3.23. The van der Waals surface area contributed by atoms with Gasteiger partial charge in [-0.1, -0.05) is 47.5 Å². The van der Waals surface area contributed by atoms with Gasteiger partial charge in [-0.15, -0.1) is 0 Å². The fourth-order valence-electron chi connectivity index (χ4n) is 2.21. The van der Waals surface area contributed by atoms with E-state index in [1.807, 2.05) is 24.3 Å². The van der Waals surface area contributed by atoms with Crippen LogP contribution in [-0.2, 0) is 0 Å². The first-order chi connectivity index (χ1) is 13.6. The van der Waals surface area contributed by atoms with Gasteiger partial charge in [0.25, 0.3) is 5.91 Å². The zero-order valence-corrected chi connectivity index (χ0v) is 16.2. The lowest BCUT2D eigenvalue weighted by atomic mass is 10.2. The van der Waals surface area contributed by atoms with Gasteiger partial charge in [0, 0.05) is 15.6 Å². The van der Waals surface area contributed by atoms with Crippen LogP contribution in [0.5, 0.6) is 0 Å². The summed E-state index contributed by atoms with van der Waals surface area (Å²) >= 11 is 11.7. The molecule has 0 aliphatic rings. The van der Waals surface area contributed by atoms with Gasteiger partial charge in [0.15, 0.2) is 0 Å². The average molecular weight is 411 g/mol. The number of anilines is 1. The number of carbonyl (C=O) groups is 1. The molecule has 0 saturated heterocycles. The molecule has 28 heavy (non-hydrogen) atoms. The second-order valence-corrected chi connectivity index (χ2v) is 6.62. The first-order valence-electron chi connectivity index (χ1n) is 8.34. The van der Waals surface area contributed by atoms with Gasteiger partial charge < -0.3 is 0 Å². The van der Waals surface area contributed by atoms with Gasteiger partial charge in [0.2, 0.25) is 0 Å². The maximum absolute atomic E-state index is 12.1. The van der Waals surface area contributed by atoms with Gasteiger partial charge in [0.1, 0.15) is 0 Å². The number of hydrazone groups is 2. The number of hydrogen-bond acceptors (Lipinski definition) is 4. The summed E-state index contributed by atoms with van der Waals surface area (Å²) in [6.45, 7) is 0. The van der Waals surface area contributed by atoms with Gasteiger partial charge in [-0.2, -0.15) is 10.2 Å². The maximum Gasteiger partial charge on any atom is 0.271 e. The molecule has 5 nitrogen and oxygen atoms in total. The molecule has 0 spiro atoms. The smallest absolute Gasteiger partial charge is 0.271 e. The average Bonchev–Trinajstić information content (AvgIpc) is 2.71. The largest absolute Gasteiger partial charge is 0.279 e. The van der Waals surface area contributed by atoms with E-state index in [1.165, 1.54) is 0 Å². The van der Waals surface area contributed by atoms with Crippen LogP contribution in [0.1, 0.15) is 21.5 Å². The summed E-state index contributed by atoms with van der Waals surface area (Å²) in [6, 6.07) is 21.4. The quantitative estimate of drug-likeness (QED) is 0.432. The number of amides is 1. The van der Waals surface area contributed by atoms with Crippen molar-refractivity contribution in [3.8, 4) is 0 Å². The predicted octanol–water partition coefficient (Wildman–Crippen LogP) is 5.20. The number of rotatable bonds is 6. The van der Waals surface area contributed by atoms with Crippen LogP contribution in [-0.4, -0.2) is 18.3 Å². The minimum absolute atomic E-state index is 0.304. The van der Waals surface area contributed by atoms with Crippen molar-refractivity contribution in [1.29, 1.82) is 0 Å². The molecule has 0 aliphatic carbocycles. The minimum Gasteiger partial charge on any atom is -0.279 e. The van der Waals surface area contributed by atoms with Crippen molar-refractivity contribution in [1.82, 2.24) is 5.43 Å². The van der Waals surface area contributed by atoms with Crippen molar-refractivity contribution < 1.29 is 4.79 Å². The highest BCUT2D eigenvalue weighted by Crippen LogP contribution is 2.11.